The van der Waals surface area contributed by atoms with E-state index in [1.165, 1.54) is 23.9 Å². The Kier molecular flexibility index (Phi) is 3.94. The van der Waals surface area contributed by atoms with E-state index in [1.807, 2.05) is 6.92 Å². The summed E-state index contributed by atoms with van der Waals surface area (Å²) in [5.74, 6) is 3.06. The molecule has 1 atom stereocenters. The summed E-state index contributed by atoms with van der Waals surface area (Å²) in [6.07, 6.45) is 5.71. The third-order valence-corrected chi connectivity index (χ3v) is 3.59. The van der Waals surface area contributed by atoms with Crippen LogP contribution in [0, 0.1) is 11.8 Å². The van der Waals surface area contributed by atoms with Crippen LogP contribution in [0.4, 0.5) is 11.9 Å². The van der Waals surface area contributed by atoms with Gasteiger partial charge in [0.05, 0.1) is 0 Å². The van der Waals surface area contributed by atoms with Crippen molar-refractivity contribution in [1.82, 2.24) is 29.7 Å². The van der Waals surface area contributed by atoms with Crippen LogP contribution in [0.25, 0.3) is 5.95 Å². The predicted molar refractivity (Wildman–Crippen MR) is 79.3 cm³/mol. The lowest BCUT2D eigenvalue weighted by Gasteiger charge is -2.12. The third-order valence-electron chi connectivity index (χ3n) is 3.59. The normalized spacial score (nSPS) is 15.7. The Morgan fingerprint density at radius 3 is 2.62 bits per heavy atom. The van der Waals surface area contributed by atoms with Gasteiger partial charge in [-0.05, 0) is 31.6 Å². The molecule has 1 aliphatic rings. The lowest BCUT2D eigenvalue weighted by Crippen LogP contribution is -2.17. The van der Waals surface area contributed by atoms with Crippen molar-refractivity contribution < 1.29 is 0 Å². The summed E-state index contributed by atoms with van der Waals surface area (Å²) in [5.41, 5.74) is 0. The molecule has 2 N–H and O–H groups in total. The number of rotatable bonds is 7. The van der Waals surface area contributed by atoms with Gasteiger partial charge in [-0.25, -0.2) is 4.98 Å². The number of anilines is 2. The van der Waals surface area contributed by atoms with E-state index < -0.39 is 0 Å². The van der Waals surface area contributed by atoms with Crippen LogP contribution in [0.1, 0.15) is 26.7 Å². The van der Waals surface area contributed by atoms with Gasteiger partial charge in [0, 0.05) is 13.1 Å². The van der Waals surface area contributed by atoms with E-state index >= 15 is 0 Å². The molecule has 2 aromatic rings. The van der Waals surface area contributed by atoms with Gasteiger partial charge in [-0.2, -0.15) is 24.7 Å². The van der Waals surface area contributed by atoms with Gasteiger partial charge in [-0.1, -0.05) is 6.92 Å². The second-order valence-electron chi connectivity index (χ2n) is 5.35. The maximum Gasteiger partial charge on any atom is 0.258 e. The number of nitrogens with zero attached hydrogens (tertiary/aromatic N) is 6. The van der Waals surface area contributed by atoms with E-state index in [4.69, 9.17) is 0 Å². The van der Waals surface area contributed by atoms with Crippen LogP contribution in [-0.4, -0.2) is 42.8 Å². The first-order chi connectivity index (χ1) is 10.3. The molecule has 1 fully saturated rings. The molecule has 0 amide bonds. The first-order valence-electron chi connectivity index (χ1n) is 7.35. The molecule has 112 valence electrons. The van der Waals surface area contributed by atoms with E-state index in [0.29, 0.717) is 23.8 Å². The van der Waals surface area contributed by atoms with Crippen LogP contribution in [0.15, 0.2) is 12.7 Å². The monoisotopic (exact) mass is 288 g/mol. The highest BCUT2D eigenvalue weighted by Gasteiger charge is 2.27. The Labute approximate surface area is 123 Å². The zero-order chi connectivity index (χ0) is 14.7. The van der Waals surface area contributed by atoms with Gasteiger partial charge in [0.1, 0.15) is 12.7 Å². The first kappa shape index (κ1) is 13.7. The Hall–Kier alpha value is -2.25. The van der Waals surface area contributed by atoms with Crippen molar-refractivity contribution in [3.05, 3.63) is 12.7 Å². The molecular weight excluding hydrogens is 268 g/mol. The second kappa shape index (κ2) is 6.02. The van der Waals surface area contributed by atoms with E-state index in [-0.39, 0.29) is 0 Å². The van der Waals surface area contributed by atoms with Crippen molar-refractivity contribution in [2.24, 2.45) is 11.8 Å². The SMILES string of the molecule is CCNc1nc(NCC(C)C2CC2)nc(-n2cncn2)n1. The molecule has 1 saturated carbocycles. The summed E-state index contributed by atoms with van der Waals surface area (Å²) < 4.78 is 1.53. The van der Waals surface area contributed by atoms with Gasteiger partial charge in [0.2, 0.25) is 11.9 Å². The molecule has 0 aromatic carbocycles. The Morgan fingerprint density at radius 2 is 2.00 bits per heavy atom. The van der Waals surface area contributed by atoms with Crippen molar-refractivity contribution >= 4 is 11.9 Å². The van der Waals surface area contributed by atoms with E-state index in [2.05, 4.69) is 42.6 Å². The van der Waals surface area contributed by atoms with Gasteiger partial charge in [0.15, 0.2) is 0 Å². The Bertz CT molecular complexity index is 578. The highest BCUT2D eigenvalue weighted by atomic mass is 15.4. The van der Waals surface area contributed by atoms with Crippen molar-refractivity contribution in [2.45, 2.75) is 26.7 Å². The van der Waals surface area contributed by atoms with Crippen LogP contribution in [0.3, 0.4) is 0 Å². The second-order valence-corrected chi connectivity index (χ2v) is 5.35. The minimum atomic E-state index is 0.458. The van der Waals surface area contributed by atoms with Gasteiger partial charge in [0.25, 0.3) is 5.95 Å². The summed E-state index contributed by atoms with van der Waals surface area (Å²) in [5, 5.41) is 10.5. The molecular formula is C13H20N8. The zero-order valence-corrected chi connectivity index (χ0v) is 12.3. The van der Waals surface area contributed by atoms with Crippen molar-refractivity contribution in [3.8, 4) is 5.95 Å². The maximum absolute atomic E-state index is 4.40. The highest BCUT2D eigenvalue weighted by Crippen LogP contribution is 2.36. The Morgan fingerprint density at radius 1 is 1.24 bits per heavy atom. The van der Waals surface area contributed by atoms with E-state index in [0.717, 1.165) is 19.0 Å². The quantitative estimate of drug-likeness (QED) is 0.794. The van der Waals surface area contributed by atoms with Gasteiger partial charge >= 0.3 is 0 Å². The number of hydrogen-bond donors (Lipinski definition) is 2. The molecule has 0 aliphatic heterocycles. The maximum atomic E-state index is 4.40. The van der Waals surface area contributed by atoms with Gasteiger partial charge in [-0.15, -0.1) is 0 Å². The lowest BCUT2D eigenvalue weighted by molar-refractivity contribution is 0.534. The molecule has 3 rings (SSSR count). The molecule has 21 heavy (non-hydrogen) atoms. The number of nitrogens with one attached hydrogen (secondary N) is 2. The predicted octanol–water partition coefficient (Wildman–Crippen LogP) is 1.34. The fraction of sp³-hybridized carbons (Fsp3) is 0.615. The third kappa shape index (κ3) is 3.45. The fourth-order valence-corrected chi connectivity index (χ4v) is 2.18. The molecule has 2 aromatic heterocycles. The topological polar surface area (TPSA) is 93.4 Å². The lowest BCUT2D eigenvalue weighted by atomic mass is 10.1. The minimum absolute atomic E-state index is 0.458. The average Bonchev–Trinajstić information content (AvgIpc) is 3.19. The summed E-state index contributed by atoms with van der Waals surface area (Å²) in [4.78, 5) is 17.0. The van der Waals surface area contributed by atoms with Crippen molar-refractivity contribution in [3.63, 3.8) is 0 Å². The fourth-order valence-electron chi connectivity index (χ4n) is 2.18. The summed E-state index contributed by atoms with van der Waals surface area (Å²) in [6.45, 7) is 5.88. The largest absolute Gasteiger partial charge is 0.354 e. The summed E-state index contributed by atoms with van der Waals surface area (Å²) in [7, 11) is 0. The average molecular weight is 288 g/mol. The molecule has 0 saturated heterocycles. The van der Waals surface area contributed by atoms with Crippen molar-refractivity contribution in [2.75, 3.05) is 23.7 Å². The van der Waals surface area contributed by atoms with Crippen molar-refractivity contribution in [1.29, 1.82) is 0 Å². The number of hydrogen-bond acceptors (Lipinski definition) is 7. The molecule has 2 heterocycles. The Balaban J connectivity index is 1.77. The van der Waals surface area contributed by atoms with Gasteiger partial charge in [-0.3, -0.25) is 0 Å². The highest BCUT2D eigenvalue weighted by molar-refractivity contribution is 5.37. The molecule has 1 aliphatic carbocycles. The smallest absolute Gasteiger partial charge is 0.258 e. The molecule has 0 bridgehead atoms. The summed E-state index contributed by atoms with van der Waals surface area (Å²) >= 11 is 0. The first-order valence-corrected chi connectivity index (χ1v) is 7.35. The molecule has 0 spiro atoms. The van der Waals surface area contributed by atoms with Crippen LogP contribution in [0.2, 0.25) is 0 Å². The van der Waals surface area contributed by atoms with E-state index in [1.54, 1.807) is 6.33 Å². The molecule has 8 nitrogen and oxygen atoms in total. The molecule has 0 radical (unpaired) electrons. The molecule has 1 unspecified atom stereocenters. The zero-order valence-electron chi connectivity index (χ0n) is 12.3. The summed E-state index contributed by atoms with van der Waals surface area (Å²) in [6, 6.07) is 0. The van der Waals surface area contributed by atoms with Gasteiger partial charge < -0.3 is 10.6 Å². The van der Waals surface area contributed by atoms with Crippen LogP contribution < -0.4 is 10.6 Å². The van der Waals surface area contributed by atoms with Crippen LogP contribution >= 0.6 is 0 Å². The van der Waals surface area contributed by atoms with Crippen LogP contribution in [0.5, 0.6) is 0 Å². The minimum Gasteiger partial charge on any atom is -0.354 e. The van der Waals surface area contributed by atoms with Crippen LogP contribution in [-0.2, 0) is 0 Å². The number of aromatic nitrogens is 6. The van der Waals surface area contributed by atoms with E-state index in [9.17, 15) is 0 Å². The standard InChI is InChI=1S/C13H20N8/c1-3-15-11-18-12(16-6-9(2)10-4-5-10)20-13(19-11)21-8-14-7-17-21/h7-10H,3-6H2,1-2H3,(H2,15,16,18,19,20). The molecule has 8 heteroatoms.